The van der Waals surface area contributed by atoms with Crippen molar-refractivity contribution in [3.63, 3.8) is 0 Å². The molecule has 0 rings (SSSR count). The van der Waals surface area contributed by atoms with Crippen LogP contribution in [0.1, 0.15) is 0 Å². The van der Waals surface area contributed by atoms with Gasteiger partial charge in [0.15, 0.2) is 0 Å². The van der Waals surface area contributed by atoms with Crippen molar-refractivity contribution in [3.8, 4) is 0 Å². The zero-order valence-electron chi connectivity index (χ0n) is 5.31. The summed E-state index contributed by atoms with van der Waals surface area (Å²) in [5.74, 6) is 0. The van der Waals surface area contributed by atoms with E-state index in [-0.39, 0.29) is 51.4 Å². The third-order valence-electron chi connectivity index (χ3n) is 0. The Balaban J connectivity index is -0.0000000339. The molecule has 0 saturated carbocycles. The van der Waals surface area contributed by atoms with Crippen molar-refractivity contribution in [1.29, 1.82) is 0 Å². The second-order valence-electron chi connectivity index (χ2n) is 0.676. The Bertz CT molecular complexity index is 82.6. The van der Waals surface area contributed by atoms with Crippen molar-refractivity contribution >= 4 is 86.2 Å². The molecule has 11 heavy (non-hydrogen) atoms. The standard InChI is InChI=1S/2CH3NOS.CH4O.K.H/c2*2-1(3)4;1-2;;/h2*(H3,2,3,4);2H,1H3;;. The number of nitrogens with two attached hydrogens (primary N) is 2. The number of aliphatic hydroxyl groups excluding tert-OH is 3. The second kappa shape index (κ2) is 22.4. The van der Waals surface area contributed by atoms with E-state index in [1.807, 2.05) is 0 Å². The molecule has 0 fully saturated rings. The molecule has 5 nitrogen and oxygen atoms in total. The van der Waals surface area contributed by atoms with E-state index in [2.05, 4.69) is 35.9 Å². The summed E-state index contributed by atoms with van der Waals surface area (Å²) >= 11 is 7.74. The van der Waals surface area contributed by atoms with Crippen LogP contribution < -0.4 is 11.5 Å². The van der Waals surface area contributed by atoms with E-state index in [0.29, 0.717) is 0 Å². The second-order valence-corrected chi connectivity index (χ2v) is 1.51. The van der Waals surface area contributed by atoms with Gasteiger partial charge in [-0.2, -0.15) is 0 Å². The van der Waals surface area contributed by atoms with Crippen molar-refractivity contribution < 1.29 is 15.3 Å². The fourth-order valence-electron chi connectivity index (χ4n) is 0. The topological polar surface area (TPSA) is 113 Å². The van der Waals surface area contributed by atoms with E-state index in [9.17, 15) is 0 Å². The van der Waals surface area contributed by atoms with Crippen LogP contribution in [0.4, 0.5) is 0 Å². The maximum absolute atomic E-state index is 7.56. The molecule has 0 aliphatic carbocycles. The average Bonchev–Trinajstić information content (AvgIpc) is 1.66. The summed E-state index contributed by atoms with van der Waals surface area (Å²) in [4.78, 5) is 0. The van der Waals surface area contributed by atoms with Gasteiger partial charge in [0.2, 0.25) is 0 Å². The Morgan fingerprint density at radius 1 is 1.00 bits per heavy atom. The minimum absolute atomic E-state index is 0. The third-order valence-corrected chi connectivity index (χ3v) is 0. The van der Waals surface area contributed by atoms with E-state index < -0.39 is 10.3 Å². The van der Waals surface area contributed by atoms with Crippen LogP contribution >= 0.6 is 24.4 Å². The molecule has 0 saturated heterocycles. The van der Waals surface area contributed by atoms with Crippen molar-refractivity contribution in [2.24, 2.45) is 11.5 Å². The molecule has 64 valence electrons. The number of hydrogen-bond acceptors (Lipinski definition) is 3. The summed E-state index contributed by atoms with van der Waals surface area (Å²) in [5, 5.41) is 21.1. The molecule has 8 heteroatoms. The van der Waals surface area contributed by atoms with Crippen LogP contribution in [-0.4, -0.2) is 84.2 Å². The number of rotatable bonds is 0. The molecule has 0 radical (unpaired) electrons. The summed E-state index contributed by atoms with van der Waals surface area (Å²) in [6.45, 7) is 0. The zero-order valence-corrected chi connectivity index (χ0v) is 6.95. The van der Waals surface area contributed by atoms with Crippen molar-refractivity contribution in [3.05, 3.63) is 0 Å². The fraction of sp³-hybridized carbons (Fsp3) is 0.333. The predicted octanol–water partition coefficient (Wildman–Crippen LogP) is -1.46. The van der Waals surface area contributed by atoms with Crippen molar-refractivity contribution in [2.45, 2.75) is 0 Å². The van der Waals surface area contributed by atoms with E-state index in [0.717, 1.165) is 7.11 Å². The molecular formula is C3H11KN2O3S2. The molecule has 0 heterocycles. The Labute approximate surface area is 118 Å². The summed E-state index contributed by atoms with van der Waals surface area (Å²) in [5.41, 5.74) is 8.80. The van der Waals surface area contributed by atoms with Crippen molar-refractivity contribution in [1.82, 2.24) is 0 Å². The van der Waals surface area contributed by atoms with E-state index in [1.54, 1.807) is 0 Å². The molecule has 0 aromatic heterocycles. The summed E-state index contributed by atoms with van der Waals surface area (Å²) < 4.78 is 0. The number of aliphatic hydroxyl groups is 3. The number of thiocarbonyl (C=S) groups is 2. The minimum atomic E-state index is -0.500. The molecule has 0 aromatic rings. The Morgan fingerprint density at radius 2 is 1.00 bits per heavy atom. The molecule has 0 bridgehead atoms. The van der Waals surface area contributed by atoms with Crippen LogP contribution in [0.25, 0.3) is 0 Å². The molecule has 0 amide bonds. The van der Waals surface area contributed by atoms with Gasteiger partial charge in [0.05, 0.1) is 0 Å². The quantitative estimate of drug-likeness (QED) is 0.253. The van der Waals surface area contributed by atoms with Crippen LogP contribution in [0.15, 0.2) is 0 Å². The molecule has 7 N–H and O–H groups in total. The average molecular weight is 226 g/mol. The summed E-state index contributed by atoms with van der Waals surface area (Å²) in [7, 11) is 1.00. The van der Waals surface area contributed by atoms with E-state index in [4.69, 9.17) is 15.3 Å². The Hall–Kier alpha value is 0.976. The number of hydrogen-bond donors (Lipinski definition) is 5. The van der Waals surface area contributed by atoms with E-state index >= 15 is 0 Å². The molecule has 0 spiro atoms. The van der Waals surface area contributed by atoms with Gasteiger partial charge in [-0.05, 0) is 24.4 Å². The van der Waals surface area contributed by atoms with Crippen LogP contribution in [-0.2, 0) is 0 Å². The van der Waals surface area contributed by atoms with Crippen LogP contribution in [0.3, 0.4) is 0 Å². The molecule has 0 aliphatic heterocycles. The first kappa shape index (κ1) is 22.7. The molecule has 0 atom stereocenters. The third kappa shape index (κ3) is 928. The molecule has 0 aromatic carbocycles. The normalized spacial score (nSPS) is 4.91. The molecular weight excluding hydrogens is 215 g/mol. The zero-order chi connectivity index (χ0) is 9.15. The van der Waals surface area contributed by atoms with Gasteiger partial charge in [-0.15, -0.1) is 0 Å². The van der Waals surface area contributed by atoms with Gasteiger partial charge >= 0.3 is 51.4 Å². The van der Waals surface area contributed by atoms with Crippen LogP contribution in [0, 0.1) is 0 Å². The maximum atomic E-state index is 7.56. The Kier molecular flexibility index (Phi) is 46.3. The van der Waals surface area contributed by atoms with Gasteiger partial charge in [0.1, 0.15) is 0 Å². The Morgan fingerprint density at radius 3 is 1.00 bits per heavy atom. The first-order valence-corrected chi connectivity index (χ1v) is 2.70. The van der Waals surface area contributed by atoms with Gasteiger partial charge in [0, 0.05) is 7.11 Å². The fourth-order valence-corrected chi connectivity index (χ4v) is 0. The van der Waals surface area contributed by atoms with Gasteiger partial charge in [-0.3, -0.25) is 0 Å². The van der Waals surface area contributed by atoms with Gasteiger partial charge < -0.3 is 26.8 Å². The van der Waals surface area contributed by atoms with Crippen LogP contribution in [0.2, 0.25) is 0 Å². The first-order valence-electron chi connectivity index (χ1n) is 1.88. The first-order chi connectivity index (χ1) is 4.46. The van der Waals surface area contributed by atoms with E-state index in [1.165, 1.54) is 0 Å². The summed E-state index contributed by atoms with van der Waals surface area (Å²) in [6, 6.07) is 0. The van der Waals surface area contributed by atoms with Gasteiger partial charge in [-0.1, -0.05) is 0 Å². The van der Waals surface area contributed by atoms with Gasteiger partial charge in [-0.25, -0.2) is 0 Å². The summed E-state index contributed by atoms with van der Waals surface area (Å²) in [6.07, 6.45) is 0. The van der Waals surface area contributed by atoms with Gasteiger partial charge in [0.25, 0.3) is 10.3 Å². The monoisotopic (exact) mass is 226 g/mol. The predicted molar refractivity (Wildman–Crippen MR) is 54.1 cm³/mol. The molecule has 0 unspecified atom stereocenters. The van der Waals surface area contributed by atoms with Crippen LogP contribution in [0.5, 0.6) is 0 Å². The van der Waals surface area contributed by atoms with Crippen molar-refractivity contribution in [2.75, 3.05) is 7.11 Å². The molecule has 0 aliphatic rings. The SMILES string of the molecule is CO.NC(O)=S.NC(O)=S.[KH].